The lowest BCUT2D eigenvalue weighted by atomic mass is 9.97. The second-order valence-corrected chi connectivity index (χ2v) is 6.64. The van der Waals surface area contributed by atoms with Crippen LogP contribution in [0.1, 0.15) is 35.8 Å². The number of nitrogens with one attached hydrogen (secondary N) is 1. The van der Waals surface area contributed by atoms with E-state index in [1.165, 1.54) is 0 Å². The zero-order valence-corrected chi connectivity index (χ0v) is 15.0. The number of nitrogens with two attached hydrogens (primary N) is 1. The molecule has 0 spiro atoms. The topological polar surface area (TPSA) is 93.3 Å². The third kappa shape index (κ3) is 4.29. The van der Waals surface area contributed by atoms with Gasteiger partial charge in [-0.05, 0) is 44.0 Å². The van der Waals surface area contributed by atoms with E-state index in [9.17, 15) is 9.59 Å². The largest absolute Gasteiger partial charge is 0.369 e. The summed E-state index contributed by atoms with van der Waals surface area (Å²) in [6.07, 6.45) is 3.60. The van der Waals surface area contributed by atoms with Gasteiger partial charge < -0.3 is 11.1 Å². The molecule has 3 rings (SSSR count). The molecule has 1 aliphatic heterocycles. The molecule has 138 valence electrons. The zero-order valence-electron chi connectivity index (χ0n) is 15.0. The molecule has 2 amide bonds. The maximum absolute atomic E-state index is 12.5. The number of likely N-dealkylation sites (tertiary alicyclic amines) is 1. The summed E-state index contributed by atoms with van der Waals surface area (Å²) in [5.41, 5.74) is 7.64. The summed E-state index contributed by atoms with van der Waals surface area (Å²) >= 11 is 0. The second-order valence-electron chi connectivity index (χ2n) is 6.64. The molecule has 1 atom stereocenters. The Balaban J connectivity index is 1.69. The first-order chi connectivity index (χ1) is 12.6. The summed E-state index contributed by atoms with van der Waals surface area (Å²) < 4.78 is 1.72. The molecule has 2 aromatic rings. The molecule has 2 heterocycles. The molecule has 1 saturated heterocycles. The summed E-state index contributed by atoms with van der Waals surface area (Å²) in [6.45, 7) is 4.96. The SMILES string of the molecule is CCn1ccc(C(=O)Nc2ccccc2CN2CCCC(C(N)=O)C2)n1. The normalized spacial score (nSPS) is 17.8. The van der Waals surface area contributed by atoms with Crippen LogP contribution in [0.4, 0.5) is 5.69 Å². The number of carbonyl (C=O) groups excluding carboxylic acids is 2. The lowest BCUT2D eigenvalue weighted by Gasteiger charge is -2.31. The molecule has 3 N–H and O–H groups in total. The fourth-order valence-corrected chi connectivity index (χ4v) is 3.30. The number of benzene rings is 1. The van der Waals surface area contributed by atoms with Crippen molar-refractivity contribution in [2.45, 2.75) is 32.9 Å². The van der Waals surface area contributed by atoms with Crippen molar-refractivity contribution < 1.29 is 9.59 Å². The minimum Gasteiger partial charge on any atom is -0.369 e. The van der Waals surface area contributed by atoms with Gasteiger partial charge >= 0.3 is 0 Å². The molecular weight excluding hydrogens is 330 g/mol. The van der Waals surface area contributed by atoms with Crippen LogP contribution in [0, 0.1) is 5.92 Å². The molecule has 1 aromatic heterocycles. The monoisotopic (exact) mass is 355 g/mol. The molecule has 26 heavy (non-hydrogen) atoms. The predicted molar refractivity (Wildman–Crippen MR) is 99.5 cm³/mol. The van der Waals surface area contributed by atoms with Crippen LogP contribution in [0.2, 0.25) is 0 Å². The van der Waals surface area contributed by atoms with Crippen molar-refractivity contribution in [3.05, 3.63) is 47.8 Å². The van der Waals surface area contributed by atoms with Crippen LogP contribution in [0.5, 0.6) is 0 Å². The van der Waals surface area contributed by atoms with Crippen molar-refractivity contribution in [1.29, 1.82) is 0 Å². The van der Waals surface area contributed by atoms with Gasteiger partial charge in [-0.3, -0.25) is 19.2 Å². The molecule has 7 heteroatoms. The molecule has 1 unspecified atom stereocenters. The summed E-state index contributed by atoms with van der Waals surface area (Å²) in [7, 11) is 0. The predicted octanol–water partition coefficient (Wildman–Crippen LogP) is 1.85. The highest BCUT2D eigenvalue weighted by molar-refractivity contribution is 6.03. The molecule has 1 aromatic carbocycles. The van der Waals surface area contributed by atoms with Crippen LogP contribution < -0.4 is 11.1 Å². The molecule has 0 bridgehead atoms. The summed E-state index contributed by atoms with van der Waals surface area (Å²) in [6, 6.07) is 9.44. The van der Waals surface area contributed by atoms with Gasteiger partial charge in [0, 0.05) is 31.5 Å². The van der Waals surface area contributed by atoms with E-state index >= 15 is 0 Å². The second kappa shape index (κ2) is 8.14. The quantitative estimate of drug-likeness (QED) is 0.827. The molecule has 0 radical (unpaired) electrons. The van der Waals surface area contributed by atoms with Crippen molar-refractivity contribution in [2.24, 2.45) is 11.7 Å². The van der Waals surface area contributed by atoms with Crippen LogP contribution in [-0.4, -0.2) is 39.6 Å². The zero-order chi connectivity index (χ0) is 18.5. The molecule has 0 saturated carbocycles. The number of anilines is 1. The fraction of sp³-hybridized carbons (Fsp3) is 0.421. The van der Waals surface area contributed by atoms with E-state index < -0.39 is 0 Å². The Morgan fingerprint density at radius 1 is 1.31 bits per heavy atom. The molecular formula is C19H25N5O2. The number of amides is 2. The van der Waals surface area contributed by atoms with Crippen LogP contribution in [0.3, 0.4) is 0 Å². The molecule has 1 aliphatic rings. The van der Waals surface area contributed by atoms with Crippen molar-refractivity contribution >= 4 is 17.5 Å². The fourth-order valence-electron chi connectivity index (χ4n) is 3.30. The Bertz CT molecular complexity index is 786. The molecule has 0 aliphatic carbocycles. The van der Waals surface area contributed by atoms with E-state index in [1.807, 2.05) is 31.2 Å². The van der Waals surface area contributed by atoms with Gasteiger partial charge in [0.15, 0.2) is 5.69 Å². The average Bonchev–Trinajstić information content (AvgIpc) is 3.13. The van der Waals surface area contributed by atoms with Gasteiger partial charge in [-0.15, -0.1) is 0 Å². The van der Waals surface area contributed by atoms with Gasteiger partial charge in [-0.1, -0.05) is 18.2 Å². The maximum Gasteiger partial charge on any atom is 0.276 e. The van der Waals surface area contributed by atoms with Crippen LogP contribution in [-0.2, 0) is 17.9 Å². The average molecular weight is 355 g/mol. The minimum atomic E-state index is -0.234. The smallest absolute Gasteiger partial charge is 0.276 e. The third-order valence-electron chi connectivity index (χ3n) is 4.76. The standard InChI is InChI=1S/C19H25N5O2/c1-2-24-11-9-17(22-24)19(26)21-16-8-4-3-6-14(16)12-23-10-5-7-15(13-23)18(20)25/h3-4,6,8-9,11,15H,2,5,7,10,12-13H2,1H3,(H2,20,25)(H,21,26). The van der Waals surface area contributed by atoms with E-state index in [2.05, 4.69) is 15.3 Å². The Labute approximate surface area is 153 Å². The summed E-state index contributed by atoms with van der Waals surface area (Å²) in [5, 5.41) is 7.20. The number of para-hydroxylation sites is 1. The minimum absolute atomic E-state index is 0.0940. The first-order valence-electron chi connectivity index (χ1n) is 9.01. The first-order valence-corrected chi connectivity index (χ1v) is 9.01. The molecule has 1 fully saturated rings. The van der Waals surface area contributed by atoms with Gasteiger partial charge in [0.2, 0.25) is 5.91 Å². The van der Waals surface area contributed by atoms with Crippen molar-refractivity contribution in [2.75, 3.05) is 18.4 Å². The Kier molecular flexibility index (Phi) is 5.68. The van der Waals surface area contributed by atoms with Gasteiger partial charge in [0.25, 0.3) is 5.91 Å². The highest BCUT2D eigenvalue weighted by Gasteiger charge is 2.24. The van der Waals surface area contributed by atoms with Crippen molar-refractivity contribution in [1.82, 2.24) is 14.7 Å². The highest BCUT2D eigenvalue weighted by atomic mass is 16.2. The third-order valence-corrected chi connectivity index (χ3v) is 4.76. The van der Waals surface area contributed by atoms with E-state index in [0.717, 1.165) is 37.2 Å². The van der Waals surface area contributed by atoms with E-state index in [4.69, 9.17) is 5.73 Å². The van der Waals surface area contributed by atoms with Gasteiger partial charge in [0.05, 0.1) is 5.92 Å². The highest BCUT2D eigenvalue weighted by Crippen LogP contribution is 2.22. The number of hydrogen-bond acceptors (Lipinski definition) is 4. The van der Waals surface area contributed by atoms with Gasteiger partial charge in [-0.2, -0.15) is 5.10 Å². The number of piperidine rings is 1. The summed E-state index contributed by atoms with van der Waals surface area (Å²) in [4.78, 5) is 26.2. The van der Waals surface area contributed by atoms with E-state index in [-0.39, 0.29) is 17.7 Å². The van der Waals surface area contributed by atoms with E-state index in [0.29, 0.717) is 18.8 Å². The number of primary amides is 1. The number of nitrogens with zero attached hydrogens (tertiary/aromatic N) is 3. The van der Waals surface area contributed by atoms with E-state index in [1.54, 1.807) is 16.9 Å². The van der Waals surface area contributed by atoms with Crippen LogP contribution in [0.15, 0.2) is 36.5 Å². The van der Waals surface area contributed by atoms with Gasteiger partial charge in [-0.25, -0.2) is 0 Å². The number of rotatable bonds is 6. The van der Waals surface area contributed by atoms with Crippen molar-refractivity contribution in [3.63, 3.8) is 0 Å². The Morgan fingerprint density at radius 2 is 2.12 bits per heavy atom. The number of hydrogen-bond donors (Lipinski definition) is 2. The molecule has 7 nitrogen and oxygen atoms in total. The summed E-state index contributed by atoms with van der Waals surface area (Å²) in [5.74, 6) is -0.551. The number of aryl methyl sites for hydroxylation is 1. The lowest BCUT2D eigenvalue weighted by molar-refractivity contribution is -0.123. The van der Waals surface area contributed by atoms with Gasteiger partial charge in [0.1, 0.15) is 0 Å². The van der Waals surface area contributed by atoms with Crippen LogP contribution in [0.25, 0.3) is 0 Å². The van der Waals surface area contributed by atoms with Crippen molar-refractivity contribution in [3.8, 4) is 0 Å². The Morgan fingerprint density at radius 3 is 2.85 bits per heavy atom. The van der Waals surface area contributed by atoms with Crippen LogP contribution >= 0.6 is 0 Å². The maximum atomic E-state index is 12.5. The Hall–Kier alpha value is -2.67. The number of aromatic nitrogens is 2. The first kappa shape index (κ1) is 18.1. The number of carbonyl (C=O) groups is 2. The lowest BCUT2D eigenvalue weighted by Crippen LogP contribution is -2.40.